The maximum Gasteiger partial charge on any atom is 0.257 e. The van der Waals surface area contributed by atoms with Gasteiger partial charge in [0.15, 0.2) is 11.5 Å². The highest BCUT2D eigenvalue weighted by molar-refractivity contribution is 6.31. The fourth-order valence-corrected chi connectivity index (χ4v) is 2.84. The molecule has 0 fully saturated rings. The molecule has 0 saturated carbocycles. The standard InChI is InChI=1S/C20H16ClN3O3/c21-16-4-2-1-3-13(16)10-22-19-8-5-14(11-23-19)20(25)24-15-6-7-17-18(9-15)27-12-26-17/h1-9,11H,10,12H2,(H,22,23)(H,24,25). The van der Waals surface area contributed by atoms with E-state index in [4.69, 9.17) is 21.1 Å². The number of carbonyl (C=O) groups is 1. The van der Waals surface area contributed by atoms with Crippen LogP contribution in [0, 0.1) is 0 Å². The minimum atomic E-state index is -0.251. The van der Waals surface area contributed by atoms with Gasteiger partial charge in [-0.3, -0.25) is 4.79 Å². The van der Waals surface area contributed by atoms with Crippen molar-refractivity contribution < 1.29 is 14.3 Å². The highest BCUT2D eigenvalue weighted by Gasteiger charge is 2.14. The molecule has 0 aliphatic carbocycles. The van der Waals surface area contributed by atoms with E-state index >= 15 is 0 Å². The summed E-state index contributed by atoms with van der Waals surface area (Å²) in [6.45, 7) is 0.745. The maximum absolute atomic E-state index is 12.4. The van der Waals surface area contributed by atoms with Gasteiger partial charge in [0.05, 0.1) is 5.56 Å². The number of pyridine rings is 1. The summed E-state index contributed by atoms with van der Waals surface area (Å²) in [6.07, 6.45) is 1.53. The van der Waals surface area contributed by atoms with Crippen LogP contribution in [0.4, 0.5) is 11.5 Å². The van der Waals surface area contributed by atoms with E-state index in [1.165, 1.54) is 6.20 Å². The van der Waals surface area contributed by atoms with Crippen molar-refractivity contribution in [1.29, 1.82) is 0 Å². The molecule has 1 aromatic heterocycles. The van der Waals surface area contributed by atoms with Crippen LogP contribution in [0.15, 0.2) is 60.8 Å². The lowest BCUT2D eigenvalue weighted by atomic mass is 10.2. The monoisotopic (exact) mass is 381 g/mol. The fourth-order valence-electron chi connectivity index (χ4n) is 2.64. The third-order valence-electron chi connectivity index (χ3n) is 4.07. The van der Waals surface area contributed by atoms with Gasteiger partial charge in [-0.2, -0.15) is 0 Å². The lowest BCUT2D eigenvalue weighted by Gasteiger charge is -2.09. The van der Waals surface area contributed by atoms with E-state index in [0.717, 1.165) is 5.56 Å². The largest absolute Gasteiger partial charge is 0.454 e. The van der Waals surface area contributed by atoms with E-state index in [1.807, 2.05) is 24.3 Å². The van der Waals surface area contributed by atoms with Gasteiger partial charge in [-0.1, -0.05) is 29.8 Å². The van der Waals surface area contributed by atoms with E-state index in [1.54, 1.807) is 30.3 Å². The van der Waals surface area contributed by atoms with Crippen LogP contribution in [0.2, 0.25) is 5.02 Å². The average Bonchev–Trinajstić information content (AvgIpc) is 3.15. The molecule has 0 atom stereocenters. The molecule has 1 aliphatic heterocycles. The number of fused-ring (bicyclic) bond motifs is 1. The molecule has 6 nitrogen and oxygen atoms in total. The Morgan fingerprint density at radius 1 is 1.07 bits per heavy atom. The zero-order chi connectivity index (χ0) is 18.6. The minimum absolute atomic E-state index is 0.194. The van der Waals surface area contributed by atoms with Crippen LogP contribution in [0.1, 0.15) is 15.9 Å². The van der Waals surface area contributed by atoms with Gasteiger partial charge < -0.3 is 20.1 Å². The van der Waals surface area contributed by atoms with E-state index in [-0.39, 0.29) is 12.7 Å². The molecule has 0 bridgehead atoms. The number of carbonyl (C=O) groups excluding carboxylic acids is 1. The summed E-state index contributed by atoms with van der Waals surface area (Å²) in [5, 5.41) is 6.71. The van der Waals surface area contributed by atoms with Gasteiger partial charge in [-0.15, -0.1) is 0 Å². The van der Waals surface area contributed by atoms with E-state index in [9.17, 15) is 4.79 Å². The molecule has 0 unspecified atom stereocenters. The zero-order valence-corrected chi connectivity index (χ0v) is 15.0. The first-order chi connectivity index (χ1) is 13.2. The van der Waals surface area contributed by atoms with Crippen LogP contribution in [-0.4, -0.2) is 17.7 Å². The smallest absolute Gasteiger partial charge is 0.257 e. The topological polar surface area (TPSA) is 72.5 Å². The Morgan fingerprint density at radius 2 is 1.93 bits per heavy atom. The number of aromatic nitrogens is 1. The van der Waals surface area contributed by atoms with E-state index in [2.05, 4.69) is 15.6 Å². The first-order valence-corrected chi connectivity index (χ1v) is 8.71. The summed E-state index contributed by atoms with van der Waals surface area (Å²) in [5.41, 5.74) is 2.06. The van der Waals surface area contributed by atoms with Gasteiger partial charge in [0.2, 0.25) is 6.79 Å². The third-order valence-corrected chi connectivity index (χ3v) is 4.44. The lowest BCUT2D eigenvalue weighted by molar-refractivity contribution is 0.102. The Kier molecular flexibility index (Phi) is 4.80. The molecule has 136 valence electrons. The Balaban J connectivity index is 1.38. The molecule has 2 N–H and O–H groups in total. The number of nitrogens with zero attached hydrogens (tertiary/aromatic N) is 1. The van der Waals surface area contributed by atoms with Crippen LogP contribution in [0.25, 0.3) is 0 Å². The molecule has 4 rings (SSSR count). The van der Waals surface area contributed by atoms with Crippen molar-refractivity contribution in [2.75, 3.05) is 17.4 Å². The molecule has 3 aromatic rings. The summed E-state index contributed by atoms with van der Waals surface area (Å²) < 4.78 is 10.6. The summed E-state index contributed by atoms with van der Waals surface area (Å²) in [5.74, 6) is 1.70. The molecule has 0 saturated heterocycles. The molecule has 0 radical (unpaired) electrons. The van der Waals surface area contributed by atoms with Crippen LogP contribution in [-0.2, 0) is 6.54 Å². The number of rotatable bonds is 5. The second kappa shape index (κ2) is 7.55. The van der Waals surface area contributed by atoms with Gasteiger partial charge in [-0.05, 0) is 35.9 Å². The van der Waals surface area contributed by atoms with Gasteiger partial charge in [0.1, 0.15) is 5.82 Å². The third kappa shape index (κ3) is 3.96. The predicted octanol–water partition coefficient (Wildman–Crippen LogP) is 4.33. The normalized spacial score (nSPS) is 11.9. The van der Waals surface area contributed by atoms with Crippen molar-refractivity contribution in [2.45, 2.75) is 6.54 Å². The van der Waals surface area contributed by atoms with Crippen LogP contribution in [0.3, 0.4) is 0 Å². The van der Waals surface area contributed by atoms with Crippen LogP contribution < -0.4 is 20.1 Å². The number of halogens is 1. The second-order valence-electron chi connectivity index (χ2n) is 5.90. The molecule has 2 heterocycles. The number of anilines is 2. The zero-order valence-electron chi connectivity index (χ0n) is 14.2. The summed E-state index contributed by atoms with van der Waals surface area (Å²) in [7, 11) is 0. The fraction of sp³-hybridized carbons (Fsp3) is 0.100. The summed E-state index contributed by atoms with van der Waals surface area (Å²) in [6, 6.07) is 16.3. The van der Waals surface area contributed by atoms with Crippen molar-refractivity contribution in [1.82, 2.24) is 4.98 Å². The molecule has 1 aliphatic rings. The lowest BCUT2D eigenvalue weighted by Crippen LogP contribution is -2.12. The average molecular weight is 382 g/mol. The predicted molar refractivity (Wildman–Crippen MR) is 104 cm³/mol. The van der Waals surface area contributed by atoms with Crippen LogP contribution >= 0.6 is 11.6 Å². The second-order valence-corrected chi connectivity index (χ2v) is 6.31. The molecule has 7 heteroatoms. The van der Waals surface area contributed by atoms with Crippen molar-refractivity contribution in [3.63, 3.8) is 0 Å². The number of benzene rings is 2. The summed E-state index contributed by atoms with van der Waals surface area (Å²) in [4.78, 5) is 16.7. The Morgan fingerprint density at radius 3 is 2.74 bits per heavy atom. The van der Waals surface area contributed by atoms with Gasteiger partial charge in [0, 0.05) is 29.5 Å². The molecule has 1 amide bonds. The number of nitrogens with one attached hydrogen (secondary N) is 2. The molecule has 0 spiro atoms. The SMILES string of the molecule is O=C(Nc1ccc2c(c1)OCO2)c1ccc(NCc2ccccc2Cl)nc1. The quantitative estimate of drug-likeness (QED) is 0.688. The molecular formula is C20H16ClN3O3. The van der Waals surface area contributed by atoms with Crippen LogP contribution in [0.5, 0.6) is 11.5 Å². The van der Waals surface area contributed by atoms with Gasteiger partial charge in [0.25, 0.3) is 5.91 Å². The Bertz CT molecular complexity index is 976. The van der Waals surface area contributed by atoms with Crippen molar-refractivity contribution in [2.24, 2.45) is 0 Å². The molecular weight excluding hydrogens is 366 g/mol. The van der Waals surface area contributed by atoms with E-state index in [0.29, 0.717) is 40.1 Å². The maximum atomic E-state index is 12.4. The highest BCUT2D eigenvalue weighted by atomic mass is 35.5. The number of ether oxygens (including phenoxy) is 2. The highest BCUT2D eigenvalue weighted by Crippen LogP contribution is 2.34. The molecule has 2 aromatic carbocycles. The minimum Gasteiger partial charge on any atom is -0.454 e. The number of amides is 1. The van der Waals surface area contributed by atoms with Crippen molar-refractivity contribution >= 4 is 29.0 Å². The Labute approximate surface area is 161 Å². The van der Waals surface area contributed by atoms with Gasteiger partial charge >= 0.3 is 0 Å². The Hall–Kier alpha value is -3.25. The van der Waals surface area contributed by atoms with Crippen molar-refractivity contribution in [3.05, 3.63) is 76.9 Å². The van der Waals surface area contributed by atoms with E-state index < -0.39 is 0 Å². The molecule has 27 heavy (non-hydrogen) atoms. The number of hydrogen-bond donors (Lipinski definition) is 2. The van der Waals surface area contributed by atoms with Crippen molar-refractivity contribution in [3.8, 4) is 11.5 Å². The number of hydrogen-bond acceptors (Lipinski definition) is 5. The first kappa shape index (κ1) is 17.2. The first-order valence-electron chi connectivity index (χ1n) is 8.33. The summed E-state index contributed by atoms with van der Waals surface area (Å²) >= 11 is 6.14. The van der Waals surface area contributed by atoms with Gasteiger partial charge in [-0.25, -0.2) is 4.98 Å².